The molecule has 0 amide bonds. The minimum absolute atomic E-state index is 0.416. The van der Waals surface area contributed by atoms with Gasteiger partial charge < -0.3 is 5.32 Å². The van der Waals surface area contributed by atoms with Crippen LogP contribution in [0.4, 0.5) is 5.82 Å². The van der Waals surface area contributed by atoms with E-state index < -0.39 is 0 Å². The smallest absolute Gasteiger partial charge is 0.137 e. The van der Waals surface area contributed by atoms with Crippen molar-refractivity contribution < 1.29 is 0 Å². The van der Waals surface area contributed by atoms with Crippen LogP contribution in [0.15, 0.2) is 0 Å². The van der Waals surface area contributed by atoms with E-state index in [1.807, 2.05) is 6.92 Å². The summed E-state index contributed by atoms with van der Waals surface area (Å²) in [6, 6.07) is 0.416. The van der Waals surface area contributed by atoms with Crippen molar-refractivity contribution in [2.45, 2.75) is 59.4 Å². The molecule has 96 valence electrons. The number of aromatic nitrogens is 2. The van der Waals surface area contributed by atoms with Gasteiger partial charge in [-0.15, -0.1) is 0 Å². The van der Waals surface area contributed by atoms with Crippen molar-refractivity contribution in [2.75, 3.05) is 5.32 Å². The standard InChI is InChI=1S/C13H22ClN3/c1-5-7-9(3)15-13-10(4)12(14)16-11(17-13)8-6-2/h9H,5-8H2,1-4H3,(H,15,16,17). The van der Waals surface area contributed by atoms with Crippen LogP contribution in [0.5, 0.6) is 0 Å². The zero-order valence-electron chi connectivity index (χ0n) is 11.2. The number of nitrogens with one attached hydrogen (secondary N) is 1. The highest BCUT2D eigenvalue weighted by Crippen LogP contribution is 2.21. The first-order chi connectivity index (χ1) is 8.08. The van der Waals surface area contributed by atoms with Crippen LogP contribution in [0.1, 0.15) is 51.4 Å². The molecule has 0 saturated heterocycles. The lowest BCUT2D eigenvalue weighted by atomic mass is 10.2. The summed E-state index contributed by atoms with van der Waals surface area (Å²) in [6.07, 6.45) is 4.19. The molecule has 0 radical (unpaired) electrons. The summed E-state index contributed by atoms with van der Waals surface area (Å²) < 4.78 is 0. The molecule has 0 bridgehead atoms. The van der Waals surface area contributed by atoms with Gasteiger partial charge in [0, 0.05) is 18.0 Å². The average molecular weight is 256 g/mol. The molecule has 1 aromatic rings. The van der Waals surface area contributed by atoms with Crippen molar-refractivity contribution in [3.8, 4) is 0 Å². The van der Waals surface area contributed by atoms with Crippen LogP contribution >= 0.6 is 11.6 Å². The fraction of sp³-hybridized carbons (Fsp3) is 0.692. The van der Waals surface area contributed by atoms with E-state index in [-0.39, 0.29) is 0 Å². The van der Waals surface area contributed by atoms with Gasteiger partial charge in [-0.3, -0.25) is 0 Å². The minimum atomic E-state index is 0.416. The zero-order chi connectivity index (χ0) is 12.8. The predicted molar refractivity (Wildman–Crippen MR) is 73.8 cm³/mol. The summed E-state index contributed by atoms with van der Waals surface area (Å²) in [6.45, 7) is 8.42. The quantitative estimate of drug-likeness (QED) is 0.781. The van der Waals surface area contributed by atoms with Crippen LogP contribution in [0.25, 0.3) is 0 Å². The van der Waals surface area contributed by atoms with Gasteiger partial charge in [-0.1, -0.05) is 31.9 Å². The molecule has 17 heavy (non-hydrogen) atoms. The number of aryl methyl sites for hydroxylation is 1. The van der Waals surface area contributed by atoms with Crippen molar-refractivity contribution in [3.63, 3.8) is 0 Å². The van der Waals surface area contributed by atoms with E-state index in [1.54, 1.807) is 0 Å². The predicted octanol–water partition coefficient (Wildman–Crippen LogP) is 3.99. The van der Waals surface area contributed by atoms with Gasteiger partial charge in [-0.25, -0.2) is 9.97 Å². The van der Waals surface area contributed by atoms with Gasteiger partial charge in [0.25, 0.3) is 0 Å². The molecule has 1 heterocycles. The number of nitrogens with zero attached hydrogens (tertiary/aromatic N) is 2. The van der Waals surface area contributed by atoms with E-state index in [0.717, 1.165) is 42.9 Å². The Morgan fingerprint density at radius 1 is 1.24 bits per heavy atom. The topological polar surface area (TPSA) is 37.8 Å². The Labute approximate surface area is 109 Å². The van der Waals surface area contributed by atoms with E-state index in [9.17, 15) is 0 Å². The first kappa shape index (κ1) is 14.2. The van der Waals surface area contributed by atoms with E-state index in [1.165, 1.54) is 0 Å². The minimum Gasteiger partial charge on any atom is -0.367 e. The number of anilines is 1. The second-order valence-electron chi connectivity index (χ2n) is 4.49. The molecule has 0 saturated carbocycles. The molecular formula is C13H22ClN3. The van der Waals surface area contributed by atoms with E-state index >= 15 is 0 Å². The fourth-order valence-electron chi connectivity index (χ4n) is 1.75. The van der Waals surface area contributed by atoms with Crippen LogP contribution in [0.3, 0.4) is 0 Å². The molecular weight excluding hydrogens is 234 g/mol. The molecule has 0 aromatic carbocycles. The molecule has 0 aliphatic rings. The SMILES string of the molecule is CCCc1nc(Cl)c(C)c(NC(C)CCC)n1. The number of rotatable bonds is 6. The summed E-state index contributed by atoms with van der Waals surface area (Å²) in [4.78, 5) is 8.83. The van der Waals surface area contributed by atoms with Gasteiger partial charge in [0.05, 0.1) is 0 Å². The molecule has 1 unspecified atom stereocenters. The highest BCUT2D eigenvalue weighted by atomic mass is 35.5. The summed E-state index contributed by atoms with van der Waals surface area (Å²) in [5.41, 5.74) is 0.939. The molecule has 1 rings (SSSR count). The maximum atomic E-state index is 6.12. The van der Waals surface area contributed by atoms with Gasteiger partial charge in [-0.2, -0.15) is 0 Å². The van der Waals surface area contributed by atoms with Gasteiger partial charge in [0.2, 0.25) is 0 Å². The Bertz CT molecular complexity index is 366. The molecule has 0 spiro atoms. The summed E-state index contributed by atoms with van der Waals surface area (Å²) in [5.74, 6) is 1.71. The summed E-state index contributed by atoms with van der Waals surface area (Å²) >= 11 is 6.12. The molecule has 0 fully saturated rings. The van der Waals surface area contributed by atoms with Crippen LogP contribution in [-0.2, 0) is 6.42 Å². The first-order valence-electron chi connectivity index (χ1n) is 6.38. The second-order valence-corrected chi connectivity index (χ2v) is 4.85. The largest absolute Gasteiger partial charge is 0.367 e. The Morgan fingerprint density at radius 3 is 2.53 bits per heavy atom. The molecule has 0 aliphatic heterocycles. The van der Waals surface area contributed by atoms with Gasteiger partial charge in [-0.05, 0) is 26.7 Å². The molecule has 1 N–H and O–H groups in total. The monoisotopic (exact) mass is 255 g/mol. The maximum absolute atomic E-state index is 6.12. The first-order valence-corrected chi connectivity index (χ1v) is 6.75. The number of hydrogen-bond donors (Lipinski definition) is 1. The van der Waals surface area contributed by atoms with Crippen LogP contribution in [0, 0.1) is 6.92 Å². The highest BCUT2D eigenvalue weighted by Gasteiger charge is 2.10. The fourth-order valence-corrected chi connectivity index (χ4v) is 1.93. The lowest BCUT2D eigenvalue weighted by Gasteiger charge is -2.16. The highest BCUT2D eigenvalue weighted by molar-refractivity contribution is 6.30. The molecule has 0 aliphatic carbocycles. The lowest BCUT2D eigenvalue weighted by Crippen LogP contribution is -2.17. The third kappa shape index (κ3) is 4.15. The van der Waals surface area contributed by atoms with Gasteiger partial charge in [0.1, 0.15) is 16.8 Å². The van der Waals surface area contributed by atoms with Gasteiger partial charge >= 0.3 is 0 Å². The lowest BCUT2D eigenvalue weighted by molar-refractivity contribution is 0.684. The van der Waals surface area contributed by atoms with Crippen LogP contribution in [-0.4, -0.2) is 16.0 Å². The Balaban J connectivity index is 2.88. The third-order valence-corrected chi connectivity index (χ3v) is 3.08. The molecule has 3 nitrogen and oxygen atoms in total. The Hall–Kier alpha value is -0.830. The van der Waals surface area contributed by atoms with Crippen molar-refractivity contribution in [1.29, 1.82) is 0 Å². The van der Waals surface area contributed by atoms with Crippen LogP contribution in [0.2, 0.25) is 5.15 Å². The third-order valence-electron chi connectivity index (χ3n) is 2.71. The number of hydrogen-bond acceptors (Lipinski definition) is 3. The van der Waals surface area contributed by atoms with E-state index in [4.69, 9.17) is 11.6 Å². The normalized spacial score (nSPS) is 12.5. The zero-order valence-corrected chi connectivity index (χ0v) is 11.9. The van der Waals surface area contributed by atoms with E-state index in [0.29, 0.717) is 11.2 Å². The van der Waals surface area contributed by atoms with Crippen molar-refractivity contribution in [1.82, 2.24) is 9.97 Å². The van der Waals surface area contributed by atoms with E-state index in [2.05, 4.69) is 36.1 Å². The van der Waals surface area contributed by atoms with Gasteiger partial charge in [0.15, 0.2) is 0 Å². The van der Waals surface area contributed by atoms with Crippen molar-refractivity contribution in [3.05, 3.63) is 16.5 Å². The molecule has 1 aromatic heterocycles. The second kappa shape index (κ2) is 6.80. The number of halogens is 1. The molecule has 1 atom stereocenters. The Kier molecular flexibility index (Phi) is 5.69. The van der Waals surface area contributed by atoms with Crippen molar-refractivity contribution in [2.24, 2.45) is 0 Å². The summed E-state index contributed by atoms with van der Waals surface area (Å²) in [5, 5.41) is 3.98. The van der Waals surface area contributed by atoms with Crippen molar-refractivity contribution >= 4 is 17.4 Å². The average Bonchev–Trinajstić information content (AvgIpc) is 2.26. The maximum Gasteiger partial charge on any atom is 0.137 e. The van der Waals surface area contributed by atoms with Crippen LogP contribution < -0.4 is 5.32 Å². The molecule has 4 heteroatoms. The Morgan fingerprint density at radius 2 is 1.94 bits per heavy atom. The summed E-state index contributed by atoms with van der Waals surface area (Å²) in [7, 11) is 0.